The zero-order valence-corrected chi connectivity index (χ0v) is 18.7. The fraction of sp³-hybridized carbons (Fsp3) is 0.440. The number of carbonyl (C=O) groups excluding carboxylic acids is 2. The zero-order valence-electron chi connectivity index (χ0n) is 18.7. The van der Waals surface area contributed by atoms with Crippen LogP contribution in [0.15, 0.2) is 30.3 Å². The quantitative estimate of drug-likeness (QED) is 0.402. The summed E-state index contributed by atoms with van der Waals surface area (Å²) in [5.74, 6) is 1.01. The maximum Gasteiger partial charge on any atom is 0.200 e. The van der Waals surface area contributed by atoms with E-state index in [1.807, 2.05) is 6.92 Å². The first-order valence-electron chi connectivity index (χ1n) is 10.3. The number of aldehydes is 1. The standard InChI is InChI=1S/C25H32O5/c1-7-16(3)19-12-18(13-20(24(19)28)25(4,5)8-2)21(27)15-30-22-10-9-17(14-26)11-23(22)29-6/h9-14,16,28H,7-8,15H2,1-6H3. The third-order valence-corrected chi connectivity index (χ3v) is 5.90. The molecule has 2 aromatic rings. The molecule has 0 aliphatic carbocycles. The van der Waals surface area contributed by atoms with Gasteiger partial charge in [0.05, 0.1) is 7.11 Å². The van der Waals surface area contributed by atoms with Crippen LogP contribution in [0.1, 0.15) is 85.2 Å². The van der Waals surface area contributed by atoms with Crippen LogP contribution in [0.3, 0.4) is 0 Å². The van der Waals surface area contributed by atoms with E-state index in [-0.39, 0.29) is 29.5 Å². The molecule has 1 atom stereocenters. The molecule has 162 valence electrons. The van der Waals surface area contributed by atoms with Crippen molar-refractivity contribution >= 4 is 12.1 Å². The SMILES string of the molecule is CCC(C)c1cc(C(=O)COc2ccc(C=O)cc2OC)cc(C(C)(C)CC)c1O. The van der Waals surface area contributed by atoms with Crippen LogP contribution in [-0.2, 0) is 5.41 Å². The van der Waals surface area contributed by atoms with E-state index in [1.54, 1.807) is 30.3 Å². The van der Waals surface area contributed by atoms with Gasteiger partial charge in [-0.2, -0.15) is 0 Å². The smallest absolute Gasteiger partial charge is 0.200 e. The van der Waals surface area contributed by atoms with Gasteiger partial charge in [0.25, 0.3) is 0 Å². The minimum Gasteiger partial charge on any atom is -0.507 e. The first kappa shape index (κ1) is 23.5. The van der Waals surface area contributed by atoms with Gasteiger partial charge in [0.15, 0.2) is 23.9 Å². The van der Waals surface area contributed by atoms with E-state index in [9.17, 15) is 14.7 Å². The van der Waals surface area contributed by atoms with Crippen LogP contribution in [-0.4, -0.2) is 30.9 Å². The molecule has 5 heteroatoms. The predicted molar refractivity (Wildman–Crippen MR) is 118 cm³/mol. The summed E-state index contributed by atoms with van der Waals surface area (Å²) in [4.78, 5) is 23.9. The molecular formula is C25H32O5. The lowest BCUT2D eigenvalue weighted by Crippen LogP contribution is -2.19. The Morgan fingerprint density at radius 3 is 2.43 bits per heavy atom. The Kier molecular flexibility index (Phi) is 7.65. The molecule has 0 fully saturated rings. The van der Waals surface area contributed by atoms with Crippen molar-refractivity contribution < 1.29 is 24.2 Å². The fourth-order valence-electron chi connectivity index (χ4n) is 3.22. The van der Waals surface area contributed by atoms with E-state index in [2.05, 4.69) is 27.7 Å². The number of phenols is 1. The molecule has 1 N–H and O–H groups in total. The van der Waals surface area contributed by atoms with Crippen molar-refractivity contribution in [3.8, 4) is 17.2 Å². The van der Waals surface area contributed by atoms with Crippen LogP contribution in [0.5, 0.6) is 17.2 Å². The van der Waals surface area contributed by atoms with Gasteiger partial charge in [-0.25, -0.2) is 0 Å². The highest BCUT2D eigenvalue weighted by atomic mass is 16.5. The summed E-state index contributed by atoms with van der Waals surface area (Å²) < 4.78 is 11.0. The predicted octanol–water partition coefficient (Wildman–Crippen LogP) is 5.68. The Labute approximate surface area is 179 Å². The van der Waals surface area contributed by atoms with Crippen LogP contribution in [0.2, 0.25) is 0 Å². The van der Waals surface area contributed by atoms with Crippen LogP contribution in [0.25, 0.3) is 0 Å². The lowest BCUT2D eigenvalue weighted by atomic mass is 9.78. The summed E-state index contributed by atoms with van der Waals surface area (Å²) in [5, 5.41) is 10.9. The molecule has 0 aliphatic heterocycles. The van der Waals surface area contributed by atoms with Gasteiger partial charge in [0, 0.05) is 16.7 Å². The molecule has 2 rings (SSSR count). The first-order valence-corrected chi connectivity index (χ1v) is 10.3. The number of aromatic hydroxyl groups is 1. The number of ketones is 1. The lowest BCUT2D eigenvalue weighted by Gasteiger charge is -2.27. The van der Waals surface area contributed by atoms with Gasteiger partial charge in [-0.15, -0.1) is 0 Å². The third kappa shape index (κ3) is 5.02. The highest BCUT2D eigenvalue weighted by molar-refractivity contribution is 5.98. The van der Waals surface area contributed by atoms with Crippen molar-refractivity contribution in [3.05, 3.63) is 52.6 Å². The Hall–Kier alpha value is -2.82. The third-order valence-electron chi connectivity index (χ3n) is 5.90. The van der Waals surface area contributed by atoms with Gasteiger partial charge in [-0.3, -0.25) is 9.59 Å². The highest BCUT2D eigenvalue weighted by Gasteiger charge is 2.27. The van der Waals surface area contributed by atoms with Gasteiger partial charge in [0.1, 0.15) is 12.0 Å². The first-order chi connectivity index (χ1) is 14.2. The normalized spacial score (nSPS) is 12.3. The molecule has 0 heterocycles. The number of benzene rings is 2. The Morgan fingerprint density at radius 1 is 1.17 bits per heavy atom. The number of carbonyl (C=O) groups is 2. The second-order valence-electron chi connectivity index (χ2n) is 8.25. The van der Waals surface area contributed by atoms with Crippen molar-refractivity contribution in [3.63, 3.8) is 0 Å². The number of hydrogen-bond donors (Lipinski definition) is 1. The van der Waals surface area contributed by atoms with Crippen LogP contribution >= 0.6 is 0 Å². The summed E-state index contributed by atoms with van der Waals surface area (Å²) in [5.41, 5.74) is 2.28. The Bertz CT molecular complexity index is 914. The van der Waals surface area contributed by atoms with Gasteiger partial charge < -0.3 is 14.6 Å². The van der Waals surface area contributed by atoms with Crippen LogP contribution in [0, 0.1) is 0 Å². The minimum atomic E-state index is -0.267. The summed E-state index contributed by atoms with van der Waals surface area (Å²) in [6.07, 6.45) is 2.41. The molecule has 0 amide bonds. The van der Waals surface area contributed by atoms with Gasteiger partial charge in [0.2, 0.25) is 0 Å². The molecule has 0 saturated carbocycles. The number of hydrogen-bond acceptors (Lipinski definition) is 5. The summed E-state index contributed by atoms with van der Waals surface area (Å²) in [6, 6.07) is 8.35. The van der Waals surface area contributed by atoms with Crippen molar-refractivity contribution in [1.82, 2.24) is 0 Å². The molecule has 0 aromatic heterocycles. The average molecular weight is 413 g/mol. The number of phenolic OH excluding ortho intramolecular Hbond substituents is 1. The van der Waals surface area contributed by atoms with Crippen LogP contribution < -0.4 is 9.47 Å². The summed E-state index contributed by atoms with van der Waals surface area (Å²) >= 11 is 0. The zero-order chi connectivity index (χ0) is 22.5. The Balaban J connectivity index is 2.37. The molecule has 5 nitrogen and oxygen atoms in total. The lowest BCUT2D eigenvalue weighted by molar-refractivity contribution is 0.0918. The van der Waals surface area contributed by atoms with E-state index in [0.29, 0.717) is 22.6 Å². The van der Waals surface area contributed by atoms with Gasteiger partial charge >= 0.3 is 0 Å². The molecule has 0 spiro atoms. The van der Waals surface area contributed by atoms with Gasteiger partial charge in [-0.1, -0.05) is 34.6 Å². The molecule has 0 bridgehead atoms. The number of Topliss-reactive ketones (excluding diaryl/α,β-unsaturated/α-hetero) is 1. The fourth-order valence-corrected chi connectivity index (χ4v) is 3.22. The second-order valence-corrected chi connectivity index (χ2v) is 8.25. The van der Waals surface area contributed by atoms with Crippen molar-refractivity contribution in [1.29, 1.82) is 0 Å². The molecule has 0 radical (unpaired) electrons. The van der Waals surface area contributed by atoms with E-state index in [0.717, 1.165) is 30.3 Å². The number of methoxy groups -OCH3 is 1. The molecule has 2 aromatic carbocycles. The summed E-state index contributed by atoms with van der Waals surface area (Å²) in [6.45, 7) is 10.1. The second kappa shape index (κ2) is 9.79. The topological polar surface area (TPSA) is 72.8 Å². The van der Waals surface area contributed by atoms with E-state index in [4.69, 9.17) is 9.47 Å². The minimum absolute atomic E-state index is 0.126. The molecule has 30 heavy (non-hydrogen) atoms. The van der Waals surface area contributed by atoms with Gasteiger partial charge in [-0.05, 0) is 60.1 Å². The van der Waals surface area contributed by atoms with Crippen molar-refractivity contribution in [2.45, 2.75) is 58.8 Å². The summed E-state index contributed by atoms with van der Waals surface area (Å²) in [7, 11) is 1.48. The number of ether oxygens (including phenoxy) is 2. The highest BCUT2D eigenvalue weighted by Crippen LogP contribution is 2.40. The Morgan fingerprint density at radius 2 is 1.87 bits per heavy atom. The van der Waals surface area contributed by atoms with Crippen molar-refractivity contribution in [2.24, 2.45) is 0 Å². The largest absolute Gasteiger partial charge is 0.507 e. The maximum absolute atomic E-state index is 13.0. The monoisotopic (exact) mass is 412 g/mol. The number of rotatable bonds is 10. The van der Waals surface area contributed by atoms with Crippen molar-refractivity contribution in [2.75, 3.05) is 13.7 Å². The maximum atomic E-state index is 13.0. The molecule has 0 saturated heterocycles. The molecule has 1 unspecified atom stereocenters. The molecule has 0 aliphatic rings. The van der Waals surface area contributed by atoms with E-state index < -0.39 is 0 Å². The molecular weight excluding hydrogens is 380 g/mol. The average Bonchev–Trinajstić information content (AvgIpc) is 2.76. The van der Waals surface area contributed by atoms with E-state index in [1.165, 1.54) is 7.11 Å². The van der Waals surface area contributed by atoms with E-state index >= 15 is 0 Å². The van der Waals surface area contributed by atoms with Crippen LogP contribution in [0.4, 0.5) is 0 Å².